The van der Waals surface area contributed by atoms with E-state index in [-0.39, 0.29) is 50.4 Å². The zero-order valence-electron chi connectivity index (χ0n) is 38.8. The van der Waals surface area contributed by atoms with Gasteiger partial charge >= 0.3 is 6.03 Å². The minimum atomic E-state index is -0.844. The SMILES string of the molecule is CCCCCCC(Oc1ccc(C(C)(C)CC)cc1C(C)(C)CC)C(=O)Nc1cc(O)c(NC(=O)Nc2ccc(C#N)cc2)cc1Oc1ccc(C(C)(C)CC(C)(C)C)cc1. The first-order chi connectivity index (χ1) is 28.6. The van der Waals surface area contributed by atoms with E-state index in [9.17, 15) is 14.7 Å². The zero-order valence-corrected chi connectivity index (χ0v) is 38.8. The summed E-state index contributed by atoms with van der Waals surface area (Å²) >= 11 is 0. The van der Waals surface area contributed by atoms with E-state index < -0.39 is 12.1 Å². The number of aromatic hydroxyl groups is 1. The van der Waals surface area contributed by atoms with Gasteiger partial charge in [0.05, 0.1) is 23.0 Å². The maximum Gasteiger partial charge on any atom is 0.323 e. The number of nitrogens with zero attached hydrogens (tertiary/aromatic N) is 1. The van der Waals surface area contributed by atoms with Crippen molar-refractivity contribution in [1.82, 2.24) is 0 Å². The highest BCUT2D eigenvalue weighted by Gasteiger charge is 2.31. The second-order valence-electron chi connectivity index (χ2n) is 19.5. The van der Waals surface area contributed by atoms with Crippen LogP contribution >= 0.6 is 0 Å². The summed E-state index contributed by atoms with van der Waals surface area (Å²) in [5.74, 6) is 0.749. The largest absolute Gasteiger partial charge is 0.506 e. The van der Waals surface area contributed by atoms with Gasteiger partial charge in [0.2, 0.25) is 0 Å². The van der Waals surface area contributed by atoms with Crippen LogP contribution < -0.4 is 25.4 Å². The summed E-state index contributed by atoms with van der Waals surface area (Å²) < 4.78 is 13.2. The molecule has 0 saturated heterocycles. The molecule has 1 atom stereocenters. The Morgan fingerprint density at radius 3 is 1.92 bits per heavy atom. The number of nitrogens with one attached hydrogen (secondary N) is 3. The number of phenolic OH excluding ortho intramolecular Hbond substituents is 1. The molecule has 0 aliphatic rings. The third kappa shape index (κ3) is 13.5. The van der Waals surface area contributed by atoms with Crippen molar-refractivity contribution < 1.29 is 24.2 Å². The molecule has 328 valence electrons. The lowest BCUT2D eigenvalue weighted by molar-refractivity contribution is -0.123. The highest BCUT2D eigenvalue weighted by molar-refractivity contribution is 6.02. The Kier molecular flexibility index (Phi) is 16.1. The average molecular weight is 831 g/mol. The number of nitriles is 1. The number of rotatable bonds is 19. The van der Waals surface area contributed by atoms with Crippen LogP contribution in [0.4, 0.5) is 21.9 Å². The van der Waals surface area contributed by atoms with Crippen molar-refractivity contribution in [3.63, 3.8) is 0 Å². The first-order valence-electron chi connectivity index (χ1n) is 22.0. The van der Waals surface area contributed by atoms with Crippen LogP contribution in [0, 0.1) is 16.7 Å². The molecule has 0 fully saturated rings. The highest BCUT2D eigenvalue weighted by atomic mass is 16.5. The molecule has 4 N–H and O–H groups in total. The first-order valence-corrected chi connectivity index (χ1v) is 22.0. The molecule has 0 aliphatic heterocycles. The number of phenols is 1. The van der Waals surface area contributed by atoms with E-state index in [4.69, 9.17) is 14.7 Å². The van der Waals surface area contributed by atoms with Crippen LogP contribution in [0.2, 0.25) is 0 Å². The number of carbonyl (C=O) groups excluding carboxylic acids is 2. The second-order valence-corrected chi connectivity index (χ2v) is 19.5. The van der Waals surface area contributed by atoms with Gasteiger partial charge in [-0.15, -0.1) is 0 Å². The molecule has 4 aromatic carbocycles. The van der Waals surface area contributed by atoms with E-state index in [1.807, 2.05) is 30.3 Å². The molecule has 3 amide bonds. The quantitative estimate of drug-likeness (QED) is 0.0549. The summed E-state index contributed by atoms with van der Waals surface area (Å²) in [6, 6.07) is 25.0. The van der Waals surface area contributed by atoms with Crippen molar-refractivity contribution in [3.8, 4) is 29.1 Å². The average Bonchev–Trinajstić information content (AvgIpc) is 3.20. The van der Waals surface area contributed by atoms with Gasteiger partial charge in [-0.2, -0.15) is 5.26 Å². The predicted octanol–water partition coefficient (Wildman–Crippen LogP) is 14.1. The maximum absolute atomic E-state index is 14.5. The number of amides is 3. The number of anilines is 3. The zero-order chi connectivity index (χ0) is 45.2. The fraction of sp³-hybridized carbons (Fsp3) is 0.481. The molecule has 61 heavy (non-hydrogen) atoms. The summed E-state index contributed by atoms with van der Waals surface area (Å²) in [7, 11) is 0. The molecule has 0 saturated carbocycles. The van der Waals surface area contributed by atoms with Gasteiger partial charge in [0.25, 0.3) is 5.91 Å². The van der Waals surface area contributed by atoms with Crippen molar-refractivity contribution >= 4 is 29.0 Å². The first kappa shape index (κ1) is 48.2. The van der Waals surface area contributed by atoms with E-state index in [0.29, 0.717) is 29.2 Å². The Labute approximate surface area is 365 Å². The van der Waals surface area contributed by atoms with E-state index in [1.54, 1.807) is 24.3 Å². The van der Waals surface area contributed by atoms with Gasteiger partial charge in [0, 0.05) is 23.4 Å². The van der Waals surface area contributed by atoms with E-state index >= 15 is 0 Å². The lowest BCUT2D eigenvalue weighted by atomic mass is 9.72. The van der Waals surface area contributed by atoms with Crippen molar-refractivity contribution in [2.24, 2.45) is 5.41 Å². The number of carbonyl (C=O) groups is 2. The van der Waals surface area contributed by atoms with Gasteiger partial charge in [0.1, 0.15) is 17.2 Å². The number of hydrogen-bond donors (Lipinski definition) is 4. The van der Waals surface area contributed by atoms with E-state index in [1.165, 1.54) is 17.7 Å². The summed E-state index contributed by atoms with van der Waals surface area (Å²) in [6.07, 6.45) is 6.35. The molecule has 9 nitrogen and oxygen atoms in total. The van der Waals surface area contributed by atoms with Gasteiger partial charge in [0.15, 0.2) is 11.9 Å². The Hall–Kier alpha value is -5.49. The standard InChI is InChI=1S/C52H70N4O5/c1-13-16-17-18-19-45(61-44-29-24-37(50(7,8)14-2)30-40(44)51(9,10)15-3)47(58)55-42-31-43(57)41(56-48(59)54-38-25-20-35(33-53)21-26-38)32-46(42)60-39-27-22-36(23-28-39)52(11,12)34-49(4,5)6/h20-32,45,57H,13-19,34H2,1-12H3,(H,55,58)(H2,54,56,59). The van der Waals surface area contributed by atoms with Gasteiger partial charge in [-0.25, -0.2) is 4.79 Å². The third-order valence-electron chi connectivity index (χ3n) is 11.9. The fourth-order valence-corrected chi connectivity index (χ4v) is 7.64. The van der Waals surface area contributed by atoms with Crippen molar-refractivity contribution in [3.05, 3.63) is 101 Å². The van der Waals surface area contributed by atoms with Crippen LogP contribution in [0.5, 0.6) is 23.0 Å². The lowest BCUT2D eigenvalue weighted by Crippen LogP contribution is -2.34. The third-order valence-corrected chi connectivity index (χ3v) is 11.9. The topological polar surface area (TPSA) is 133 Å². The Bertz CT molecular complexity index is 2140. The van der Waals surface area contributed by atoms with Crippen molar-refractivity contribution in [2.45, 2.75) is 157 Å². The molecule has 0 aliphatic carbocycles. The molecule has 0 bridgehead atoms. The summed E-state index contributed by atoms with van der Waals surface area (Å²) in [5.41, 5.74) is 4.47. The number of hydrogen-bond acceptors (Lipinski definition) is 6. The molecule has 0 radical (unpaired) electrons. The van der Waals surface area contributed by atoms with Crippen LogP contribution in [0.15, 0.2) is 78.9 Å². The maximum atomic E-state index is 14.5. The van der Waals surface area contributed by atoms with Gasteiger partial charge in [-0.3, -0.25) is 4.79 Å². The molecular weight excluding hydrogens is 761 g/mol. The number of urea groups is 1. The smallest absolute Gasteiger partial charge is 0.323 e. The number of benzene rings is 4. The Morgan fingerprint density at radius 2 is 1.33 bits per heavy atom. The summed E-state index contributed by atoms with van der Waals surface area (Å²) in [6.45, 7) is 26.6. The second kappa shape index (κ2) is 20.4. The predicted molar refractivity (Wildman–Crippen MR) is 250 cm³/mol. The summed E-state index contributed by atoms with van der Waals surface area (Å²) in [5, 5.41) is 28.9. The van der Waals surface area contributed by atoms with Gasteiger partial charge in [-0.05, 0) is 107 Å². The molecule has 1 unspecified atom stereocenters. The van der Waals surface area contributed by atoms with Gasteiger partial charge in [-0.1, -0.05) is 127 Å². The Morgan fingerprint density at radius 1 is 0.689 bits per heavy atom. The van der Waals surface area contributed by atoms with Crippen LogP contribution in [-0.2, 0) is 21.0 Å². The lowest BCUT2D eigenvalue weighted by Gasteiger charge is -2.33. The number of ether oxygens (including phenoxy) is 2. The monoisotopic (exact) mass is 831 g/mol. The molecule has 0 heterocycles. The molecular formula is C52H70N4O5. The molecule has 4 rings (SSSR count). The normalized spacial score (nSPS) is 12.6. The van der Waals surface area contributed by atoms with E-state index in [2.05, 4.69) is 117 Å². The van der Waals surface area contributed by atoms with Crippen LogP contribution in [0.3, 0.4) is 0 Å². The van der Waals surface area contributed by atoms with Crippen molar-refractivity contribution in [1.29, 1.82) is 5.26 Å². The van der Waals surface area contributed by atoms with Crippen molar-refractivity contribution in [2.75, 3.05) is 16.0 Å². The minimum Gasteiger partial charge on any atom is -0.506 e. The highest BCUT2D eigenvalue weighted by Crippen LogP contribution is 2.42. The van der Waals surface area contributed by atoms with Gasteiger partial charge < -0.3 is 30.5 Å². The summed E-state index contributed by atoms with van der Waals surface area (Å²) in [4.78, 5) is 27.7. The van der Waals surface area contributed by atoms with E-state index in [0.717, 1.165) is 56.1 Å². The minimum absolute atomic E-state index is 0.0271. The number of unbranched alkanes of at least 4 members (excludes halogenated alkanes) is 3. The van der Waals surface area contributed by atoms with Crippen LogP contribution in [0.1, 0.15) is 157 Å². The van der Waals surface area contributed by atoms with Crippen LogP contribution in [0.25, 0.3) is 0 Å². The van der Waals surface area contributed by atoms with Crippen LogP contribution in [-0.4, -0.2) is 23.1 Å². The molecule has 0 spiro atoms. The molecule has 9 heteroatoms. The molecule has 4 aromatic rings. The Balaban J connectivity index is 1.73. The molecule has 0 aromatic heterocycles. The fourth-order valence-electron chi connectivity index (χ4n) is 7.64.